The third-order valence-electron chi connectivity index (χ3n) is 2.68. The summed E-state index contributed by atoms with van der Waals surface area (Å²) in [6.45, 7) is 5.85. The zero-order chi connectivity index (χ0) is 9.80. The number of hydrogen-bond donors (Lipinski definition) is 2. The summed E-state index contributed by atoms with van der Waals surface area (Å²) in [7, 11) is 0. The van der Waals surface area contributed by atoms with E-state index in [1.54, 1.807) is 0 Å². The van der Waals surface area contributed by atoms with Crippen molar-refractivity contribution < 1.29 is 0 Å². The van der Waals surface area contributed by atoms with E-state index >= 15 is 0 Å². The van der Waals surface area contributed by atoms with E-state index < -0.39 is 0 Å². The molecule has 14 heavy (non-hydrogen) atoms. The lowest BCUT2D eigenvalue weighted by atomic mass is 10.2. The smallest absolute Gasteiger partial charge is 0.0726 e. The largest absolute Gasteiger partial charge is 0.378 e. The molecule has 0 aliphatic carbocycles. The van der Waals surface area contributed by atoms with Gasteiger partial charge in [-0.05, 0) is 19.4 Å². The van der Waals surface area contributed by atoms with Gasteiger partial charge in [0.05, 0.1) is 11.9 Å². The molecule has 78 valence electrons. The first-order valence-electron chi connectivity index (χ1n) is 5.36. The van der Waals surface area contributed by atoms with Crippen molar-refractivity contribution in [2.75, 3.05) is 25.0 Å². The highest BCUT2D eigenvalue weighted by Gasteiger charge is 2.21. The molecule has 0 bridgehead atoms. The number of hydrogen-bond acceptors (Lipinski definition) is 3. The number of aromatic amines is 1. The van der Waals surface area contributed by atoms with E-state index in [9.17, 15) is 0 Å². The Morgan fingerprint density at radius 1 is 1.71 bits per heavy atom. The molecule has 1 unspecified atom stereocenters. The molecule has 1 saturated heterocycles. The third-order valence-corrected chi connectivity index (χ3v) is 2.68. The Hall–Kier alpha value is -1.03. The van der Waals surface area contributed by atoms with Crippen molar-refractivity contribution >= 4 is 5.69 Å². The van der Waals surface area contributed by atoms with Gasteiger partial charge in [0.15, 0.2) is 0 Å². The van der Waals surface area contributed by atoms with Crippen LogP contribution >= 0.6 is 0 Å². The van der Waals surface area contributed by atoms with Crippen LogP contribution in [0.1, 0.15) is 19.8 Å². The first-order chi connectivity index (χ1) is 6.88. The van der Waals surface area contributed by atoms with E-state index in [0.29, 0.717) is 6.04 Å². The molecule has 2 N–H and O–H groups in total. The molecule has 4 heteroatoms. The highest BCUT2D eigenvalue weighted by Crippen LogP contribution is 2.14. The molecule has 0 radical (unpaired) electrons. The predicted molar refractivity (Wildman–Crippen MR) is 57.3 cm³/mol. The monoisotopic (exact) mass is 194 g/mol. The normalized spacial score (nSPS) is 22.8. The molecule has 0 aromatic carbocycles. The van der Waals surface area contributed by atoms with Gasteiger partial charge in [-0.1, -0.05) is 6.92 Å². The van der Waals surface area contributed by atoms with Crippen LogP contribution in [0.3, 0.4) is 0 Å². The van der Waals surface area contributed by atoms with Gasteiger partial charge in [0, 0.05) is 25.3 Å². The van der Waals surface area contributed by atoms with Crippen LogP contribution in [0, 0.1) is 0 Å². The Morgan fingerprint density at radius 3 is 3.36 bits per heavy atom. The van der Waals surface area contributed by atoms with Crippen molar-refractivity contribution in [1.29, 1.82) is 0 Å². The van der Waals surface area contributed by atoms with Crippen molar-refractivity contribution in [3.8, 4) is 0 Å². The van der Waals surface area contributed by atoms with E-state index in [1.807, 2.05) is 12.4 Å². The van der Waals surface area contributed by atoms with Crippen LogP contribution in [0.2, 0.25) is 0 Å². The molecule has 1 aliphatic rings. The molecule has 4 nitrogen and oxygen atoms in total. The summed E-state index contributed by atoms with van der Waals surface area (Å²) < 4.78 is 0. The SMILES string of the molecule is CCCN1CCC(Nc2cn[nH]c2)C1. The van der Waals surface area contributed by atoms with Gasteiger partial charge >= 0.3 is 0 Å². The van der Waals surface area contributed by atoms with Crippen LogP contribution in [0.5, 0.6) is 0 Å². The Balaban J connectivity index is 1.79. The number of H-pyrrole nitrogens is 1. The summed E-state index contributed by atoms with van der Waals surface area (Å²) in [5.74, 6) is 0. The molecular formula is C10H18N4. The molecule has 0 spiro atoms. The van der Waals surface area contributed by atoms with Crippen molar-refractivity contribution in [3.63, 3.8) is 0 Å². The first kappa shape index (κ1) is 9.52. The summed E-state index contributed by atoms with van der Waals surface area (Å²) in [6.07, 6.45) is 6.23. The molecular weight excluding hydrogens is 176 g/mol. The third kappa shape index (κ3) is 2.26. The van der Waals surface area contributed by atoms with Gasteiger partial charge < -0.3 is 10.2 Å². The van der Waals surface area contributed by atoms with Gasteiger partial charge in [-0.15, -0.1) is 0 Å². The van der Waals surface area contributed by atoms with Crippen molar-refractivity contribution in [2.45, 2.75) is 25.8 Å². The maximum absolute atomic E-state index is 3.92. The van der Waals surface area contributed by atoms with Crippen LogP contribution in [-0.2, 0) is 0 Å². The molecule has 2 rings (SSSR count). The number of aromatic nitrogens is 2. The fraction of sp³-hybridized carbons (Fsp3) is 0.700. The van der Waals surface area contributed by atoms with Crippen molar-refractivity contribution in [2.24, 2.45) is 0 Å². The van der Waals surface area contributed by atoms with E-state index in [4.69, 9.17) is 0 Å². The van der Waals surface area contributed by atoms with Crippen LogP contribution in [0.4, 0.5) is 5.69 Å². The van der Waals surface area contributed by atoms with Gasteiger partial charge in [-0.3, -0.25) is 5.10 Å². The van der Waals surface area contributed by atoms with Crippen molar-refractivity contribution in [1.82, 2.24) is 15.1 Å². The first-order valence-corrected chi connectivity index (χ1v) is 5.36. The van der Waals surface area contributed by atoms with Gasteiger partial charge in [-0.2, -0.15) is 5.10 Å². The second-order valence-electron chi connectivity index (χ2n) is 3.92. The summed E-state index contributed by atoms with van der Waals surface area (Å²) in [5, 5.41) is 10.2. The number of rotatable bonds is 4. The van der Waals surface area contributed by atoms with Crippen LogP contribution in [-0.4, -0.2) is 40.8 Å². The van der Waals surface area contributed by atoms with Gasteiger partial charge in [0.1, 0.15) is 0 Å². The average Bonchev–Trinajstić information content (AvgIpc) is 2.79. The fourth-order valence-electron chi connectivity index (χ4n) is 2.04. The minimum Gasteiger partial charge on any atom is -0.378 e. The van der Waals surface area contributed by atoms with Gasteiger partial charge in [0.2, 0.25) is 0 Å². The molecule has 1 fully saturated rings. The minimum absolute atomic E-state index is 0.596. The van der Waals surface area contributed by atoms with E-state index in [1.165, 1.54) is 32.5 Å². The number of nitrogens with one attached hydrogen (secondary N) is 2. The highest BCUT2D eigenvalue weighted by molar-refractivity contribution is 5.39. The zero-order valence-electron chi connectivity index (χ0n) is 8.66. The van der Waals surface area contributed by atoms with E-state index in [2.05, 4.69) is 27.3 Å². The number of likely N-dealkylation sites (tertiary alicyclic amines) is 1. The Bertz CT molecular complexity index is 257. The molecule has 1 aromatic heterocycles. The Labute approximate surface area is 84.7 Å². The number of anilines is 1. The minimum atomic E-state index is 0.596. The lowest BCUT2D eigenvalue weighted by Gasteiger charge is -2.15. The summed E-state index contributed by atoms with van der Waals surface area (Å²) >= 11 is 0. The summed E-state index contributed by atoms with van der Waals surface area (Å²) in [5.41, 5.74) is 1.10. The maximum Gasteiger partial charge on any atom is 0.0726 e. The lowest BCUT2D eigenvalue weighted by Crippen LogP contribution is -2.26. The predicted octanol–water partition coefficient (Wildman–Crippen LogP) is 1.31. The molecule has 0 amide bonds. The van der Waals surface area contributed by atoms with Crippen molar-refractivity contribution in [3.05, 3.63) is 12.4 Å². The fourth-order valence-corrected chi connectivity index (χ4v) is 2.04. The highest BCUT2D eigenvalue weighted by atomic mass is 15.2. The van der Waals surface area contributed by atoms with E-state index in [-0.39, 0.29) is 0 Å². The summed E-state index contributed by atoms with van der Waals surface area (Å²) in [6, 6.07) is 0.596. The van der Waals surface area contributed by atoms with E-state index in [0.717, 1.165) is 5.69 Å². The standard InChI is InChI=1S/C10H18N4/c1-2-4-14-5-3-9(8-14)13-10-6-11-12-7-10/h6-7,9,13H,2-5,8H2,1H3,(H,11,12). The topological polar surface area (TPSA) is 44.0 Å². The molecule has 1 aliphatic heterocycles. The summed E-state index contributed by atoms with van der Waals surface area (Å²) in [4.78, 5) is 2.51. The van der Waals surface area contributed by atoms with Crippen LogP contribution < -0.4 is 5.32 Å². The Kier molecular flexibility index (Phi) is 3.03. The molecule has 2 heterocycles. The number of nitrogens with zero attached hydrogens (tertiary/aromatic N) is 2. The quantitative estimate of drug-likeness (QED) is 0.759. The second-order valence-corrected chi connectivity index (χ2v) is 3.92. The maximum atomic E-state index is 3.92. The zero-order valence-corrected chi connectivity index (χ0v) is 8.66. The lowest BCUT2D eigenvalue weighted by molar-refractivity contribution is 0.337. The van der Waals surface area contributed by atoms with Crippen LogP contribution in [0.25, 0.3) is 0 Å². The second kappa shape index (κ2) is 4.46. The molecule has 1 atom stereocenters. The average molecular weight is 194 g/mol. The molecule has 1 aromatic rings. The Morgan fingerprint density at radius 2 is 2.64 bits per heavy atom. The molecule has 0 saturated carbocycles. The van der Waals surface area contributed by atoms with Crippen LogP contribution in [0.15, 0.2) is 12.4 Å². The van der Waals surface area contributed by atoms with Gasteiger partial charge in [-0.25, -0.2) is 0 Å². The van der Waals surface area contributed by atoms with Gasteiger partial charge in [0.25, 0.3) is 0 Å².